The van der Waals surface area contributed by atoms with Crippen LogP contribution in [0.1, 0.15) is 50.4 Å². The van der Waals surface area contributed by atoms with Gasteiger partial charge in [0.05, 0.1) is 4.90 Å². The Hall–Kier alpha value is -1.44. The van der Waals surface area contributed by atoms with Crippen molar-refractivity contribution in [3.8, 4) is 0 Å². The van der Waals surface area contributed by atoms with Crippen LogP contribution in [0.2, 0.25) is 0 Å². The van der Waals surface area contributed by atoms with Gasteiger partial charge in [0.1, 0.15) is 0 Å². The molecule has 2 aliphatic rings. The zero-order valence-corrected chi connectivity index (χ0v) is 17.3. The van der Waals surface area contributed by atoms with Crippen LogP contribution in [-0.2, 0) is 10.0 Å². The van der Waals surface area contributed by atoms with Crippen LogP contribution >= 0.6 is 0 Å². The van der Waals surface area contributed by atoms with E-state index in [-0.39, 0.29) is 22.9 Å². The monoisotopic (exact) mass is 393 g/mol. The van der Waals surface area contributed by atoms with Crippen molar-refractivity contribution in [2.75, 3.05) is 19.6 Å². The first-order valence-electron chi connectivity index (χ1n) is 9.92. The quantitative estimate of drug-likeness (QED) is 0.822. The van der Waals surface area contributed by atoms with Crippen molar-refractivity contribution in [3.63, 3.8) is 0 Å². The molecule has 1 amide bonds. The lowest BCUT2D eigenvalue weighted by molar-refractivity contribution is 0.0919. The standard InChI is InChI=1S/C20H31N3O3S/c1-14-10-15(2)13-23(12-14)27(25,26)18-7-4-6-17(11-18)20(24)22-19-8-5-9-21-16(19)3/h4,6-7,11,14-16,19,21H,5,8-10,12-13H2,1-3H3,(H,22,24). The number of sulfonamides is 1. The molecule has 0 radical (unpaired) electrons. The number of piperidine rings is 2. The second-order valence-electron chi connectivity index (χ2n) is 8.26. The molecule has 150 valence electrons. The van der Waals surface area contributed by atoms with Crippen molar-refractivity contribution in [3.05, 3.63) is 29.8 Å². The van der Waals surface area contributed by atoms with Gasteiger partial charge in [0.2, 0.25) is 10.0 Å². The number of hydrogen-bond donors (Lipinski definition) is 2. The van der Waals surface area contributed by atoms with E-state index in [1.54, 1.807) is 22.5 Å². The van der Waals surface area contributed by atoms with E-state index in [0.717, 1.165) is 25.8 Å². The highest BCUT2D eigenvalue weighted by Gasteiger charge is 2.32. The van der Waals surface area contributed by atoms with Crippen LogP contribution in [0, 0.1) is 11.8 Å². The molecule has 0 aromatic heterocycles. The highest BCUT2D eigenvalue weighted by Crippen LogP contribution is 2.27. The summed E-state index contributed by atoms with van der Waals surface area (Å²) >= 11 is 0. The van der Waals surface area contributed by atoms with Gasteiger partial charge in [-0.1, -0.05) is 19.9 Å². The Kier molecular flexibility index (Phi) is 6.23. The summed E-state index contributed by atoms with van der Waals surface area (Å²) in [5, 5.41) is 6.41. The van der Waals surface area contributed by atoms with Crippen molar-refractivity contribution in [1.82, 2.24) is 14.9 Å². The maximum atomic E-state index is 13.1. The van der Waals surface area contributed by atoms with Crippen LogP contribution in [0.15, 0.2) is 29.2 Å². The van der Waals surface area contributed by atoms with E-state index >= 15 is 0 Å². The fraction of sp³-hybridized carbons (Fsp3) is 0.650. The van der Waals surface area contributed by atoms with E-state index < -0.39 is 10.0 Å². The fourth-order valence-corrected chi connectivity index (χ4v) is 5.97. The Balaban J connectivity index is 1.77. The minimum absolute atomic E-state index is 0.0651. The van der Waals surface area contributed by atoms with Gasteiger partial charge in [-0.2, -0.15) is 4.31 Å². The average molecular weight is 394 g/mol. The van der Waals surface area contributed by atoms with Crippen molar-refractivity contribution in [2.45, 2.75) is 57.0 Å². The van der Waals surface area contributed by atoms with E-state index in [9.17, 15) is 13.2 Å². The summed E-state index contributed by atoms with van der Waals surface area (Å²) in [6.07, 6.45) is 3.00. The molecule has 2 saturated heterocycles. The predicted octanol–water partition coefficient (Wildman–Crippen LogP) is 2.22. The molecular weight excluding hydrogens is 362 g/mol. The molecule has 0 saturated carbocycles. The summed E-state index contributed by atoms with van der Waals surface area (Å²) in [5.41, 5.74) is 0.395. The summed E-state index contributed by atoms with van der Waals surface area (Å²) in [5.74, 6) is 0.471. The van der Waals surface area contributed by atoms with Crippen LogP contribution in [0.25, 0.3) is 0 Å². The van der Waals surface area contributed by atoms with Crippen LogP contribution in [0.3, 0.4) is 0 Å². The van der Waals surface area contributed by atoms with Gasteiger partial charge in [-0.25, -0.2) is 8.42 Å². The molecule has 4 atom stereocenters. The molecule has 1 aromatic rings. The normalized spacial score (nSPS) is 30.0. The molecule has 0 spiro atoms. The lowest BCUT2D eigenvalue weighted by atomic mass is 9.94. The van der Waals surface area contributed by atoms with E-state index in [1.165, 1.54) is 6.07 Å². The van der Waals surface area contributed by atoms with Crippen LogP contribution in [0.5, 0.6) is 0 Å². The summed E-state index contributed by atoms with van der Waals surface area (Å²) in [4.78, 5) is 12.9. The number of hydrogen-bond acceptors (Lipinski definition) is 4. The predicted molar refractivity (Wildman–Crippen MR) is 106 cm³/mol. The third-order valence-corrected chi connectivity index (χ3v) is 7.48. The number of benzene rings is 1. The molecule has 2 aliphatic heterocycles. The van der Waals surface area contributed by atoms with Crippen LogP contribution in [-0.4, -0.2) is 50.3 Å². The van der Waals surface area contributed by atoms with Gasteiger partial charge in [-0.05, 0) is 62.8 Å². The first-order chi connectivity index (χ1) is 12.8. The Morgan fingerprint density at radius 1 is 1.19 bits per heavy atom. The maximum absolute atomic E-state index is 13.1. The lowest BCUT2D eigenvalue weighted by Crippen LogP contribution is -2.51. The topological polar surface area (TPSA) is 78.5 Å². The highest BCUT2D eigenvalue weighted by atomic mass is 32.2. The van der Waals surface area contributed by atoms with Crippen LogP contribution in [0.4, 0.5) is 0 Å². The highest BCUT2D eigenvalue weighted by molar-refractivity contribution is 7.89. The molecule has 6 nitrogen and oxygen atoms in total. The second kappa shape index (κ2) is 8.29. The van der Waals surface area contributed by atoms with Gasteiger partial charge < -0.3 is 10.6 Å². The van der Waals surface area contributed by atoms with Gasteiger partial charge in [0, 0.05) is 30.7 Å². The van der Waals surface area contributed by atoms with Crippen molar-refractivity contribution in [1.29, 1.82) is 0 Å². The number of amides is 1. The molecule has 0 bridgehead atoms. The van der Waals surface area contributed by atoms with Crippen molar-refractivity contribution < 1.29 is 13.2 Å². The zero-order valence-electron chi connectivity index (χ0n) is 16.4. The Morgan fingerprint density at radius 2 is 1.89 bits per heavy atom. The molecular formula is C20H31N3O3S. The minimum atomic E-state index is -3.59. The van der Waals surface area contributed by atoms with Gasteiger partial charge in [0.15, 0.2) is 0 Å². The fourth-order valence-electron chi connectivity index (χ4n) is 4.24. The van der Waals surface area contributed by atoms with E-state index in [4.69, 9.17) is 0 Å². The number of nitrogens with one attached hydrogen (secondary N) is 2. The third kappa shape index (κ3) is 4.70. The van der Waals surface area contributed by atoms with Gasteiger partial charge in [-0.3, -0.25) is 4.79 Å². The smallest absolute Gasteiger partial charge is 0.251 e. The molecule has 2 N–H and O–H groups in total. The van der Waals surface area contributed by atoms with E-state index in [2.05, 4.69) is 31.4 Å². The maximum Gasteiger partial charge on any atom is 0.251 e. The second-order valence-corrected chi connectivity index (χ2v) is 10.2. The van der Waals surface area contributed by atoms with Gasteiger partial charge in [-0.15, -0.1) is 0 Å². The average Bonchev–Trinajstić information content (AvgIpc) is 2.63. The van der Waals surface area contributed by atoms with Crippen molar-refractivity contribution in [2.24, 2.45) is 11.8 Å². The van der Waals surface area contributed by atoms with E-state index in [1.807, 2.05) is 0 Å². The Bertz CT molecular complexity index is 770. The summed E-state index contributed by atoms with van der Waals surface area (Å²) in [7, 11) is -3.59. The molecule has 3 rings (SSSR count). The zero-order chi connectivity index (χ0) is 19.6. The number of carbonyl (C=O) groups is 1. The number of carbonyl (C=O) groups excluding carboxylic acids is 1. The molecule has 27 heavy (non-hydrogen) atoms. The molecule has 7 heteroatoms. The third-order valence-electron chi connectivity index (χ3n) is 5.65. The molecule has 2 heterocycles. The molecule has 0 aliphatic carbocycles. The lowest BCUT2D eigenvalue weighted by Gasteiger charge is -2.34. The van der Waals surface area contributed by atoms with Gasteiger partial charge >= 0.3 is 0 Å². The van der Waals surface area contributed by atoms with E-state index in [0.29, 0.717) is 30.5 Å². The summed E-state index contributed by atoms with van der Waals surface area (Å²) in [6, 6.07) is 6.70. The van der Waals surface area contributed by atoms with Crippen molar-refractivity contribution >= 4 is 15.9 Å². The number of rotatable bonds is 4. The first kappa shape index (κ1) is 20.3. The molecule has 4 unspecified atom stereocenters. The summed E-state index contributed by atoms with van der Waals surface area (Å²) < 4.78 is 27.7. The first-order valence-corrected chi connectivity index (χ1v) is 11.4. The Morgan fingerprint density at radius 3 is 2.56 bits per heavy atom. The molecule has 2 fully saturated rings. The SMILES string of the molecule is CC1CC(C)CN(S(=O)(=O)c2cccc(C(=O)NC3CCCNC3C)c2)C1. The summed E-state index contributed by atoms with van der Waals surface area (Å²) in [6.45, 7) is 8.27. The molecule has 1 aromatic carbocycles. The minimum Gasteiger partial charge on any atom is -0.348 e. The number of nitrogens with zero attached hydrogens (tertiary/aromatic N) is 1. The largest absolute Gasteiger partial charge is 0.348 e. The van der Waals surface area contributed by atoms with Gasteiger partial charge in [0.25, 0.3) is 5.91 Å². The Labute approximate surface area is 162 Å². The van der Waals surface area contributed by atoms with Crippen LogP contribution < -0.4 is 10.6 Å².